The van der Waals surface area contributed by atoms with E-state index in [4.69, 9.17) is 0 Å². The lowest BCUT2D eigenvalue weighted by Gasteiger charge is -2.28. The molecule has 0 aromatic rings. The second-order valence-corrected chi connectivity index (χ2v) is 3.62. The first-order valence-corrected chi connectivity index (χ1v) is 4.16. The van der Waals surface area contributed by atoms with Crippen LogP contribution >= 0.6 is 10.6 Å². The predicted octanol–water partition coefficient (Wildman–Crippen LogP) is 5.28. The van der Waals surface area contributed by atoms with Gasteiger partial charge in [-0.3, -0.25) is 0 Å². The maximum atomic E-state index is 10.4. The molecule has 0 aromatic carbocycles. The smallest absolute Gasteiger partial charge is 0.162 e. The third-order valence-corrected chi connectivity index (χ3v) is 0.321. The van der Waals surface area contributed by atoms with Crippen LogP contribution in [-0.2, 0) is 0 Å². The van der Waals surface area contributed by atoms with Gasteiger partial charge in [0.05, 0.1) is 0 Å². The van der Waals surface area contributed by atoms with Crippen molar-refractivity contribution in [2.45, 2.75) is 12.4 Å². The molecule has 0 saturated heterocycles. The first-order chi connectivity index (χ1) is 5.70. The highest BCUT2D eigenvalue weighted by molar-refractivity contribution is 8.41. The first kappa shape index (κ1) is 16.9. The molecule has 0 aliphatic rings. The highest BCUT2D eigenvalue weighted by atomic mass is 32.5. The van der Waals surface area contributed by atoms with E-state index in [0.29, 0.717) is 0 Å². The Hall–Kier alpha value is -0.490. The van der Waals surface area contributed by atoms with Gasteiger partial charge in [-0.25, -0.2) is 0 Å². The van der Waals surface area contributed by atoms with Crippen LogP contribution < -0.4 is 0 Å². The summed E-state index contributed by atoms with van der Waals surface area (Å²) in [6.45, 7) is 0. The van der Waals surface area contributed by atoms with Crippen molar-refractivity contribution in [1.82, 2.24) is 0 Å². The van der Waals surface area contributed by atoms with Gasteiger partial charge in [-0.05, 0) is 0 Å². The first-order valence-electron chi connectivity index (χ1n) is 2.31. The van der Waals surface area contributed by atoms with E-state index in [-0.39, 0.29) is 0 Å². The van der Waals surface area contributed by atoms with Crippen molar-refractivity contribution in [1.29, 1.82) is 0 Å². The zero-order valence-corrected chi connectivity index (χ0v) is 6.76. The van der Waals surface area contributed by atoms with E-state index in [0.717, 1.165) is 0 Å². The summed E-state index contributed by atoms with van der Waals surface area (Å²) in [5.41, 5.74) is 0. The van der Waals surface area contributed by atoms with E-state index >= 15 is 0 Å². The Morgan fingerprint density at radius 3 is 0.533 bits per heavy atom. The maximum absolute atomic E-state index is 10.5. The van der Waals surface area contributed by atoms with Crippen LogP contribution in [0.1, 0.15) is 0 Å². The van der Waals surface area contributed by atoms with Crippen molar-refractivity contribution in [2.24, 2.45) is 0 Å². The van der Waals surface area contributed by atoms with E-state index in [2.05, 4.69) is 0 Å². The van der Waals surface area contributed by atoms with Gasteiger partial charge < -0.3 is 0 Å². The van der Waals surface area contributed by atoms with E-state index in [1.807, 2.05) is 0 Å². The van der Waals surface area contributed by atoms with Crippen molar-refractivity contribution < 1.29 is 49.7 Å². The lowest BCUT2D eigenvalue weighted by atomic mass is 10.7. The van der Waals surface area contributed by atoms with Crippen LogP contribution in [0.2, 0.25) is 0 Å². The SMILES string of the molecule is FC(F)(F)C(F)(F)F.FS(F)(F)(F)(F)F. The second kappa shape index (κ2) is 3.01. The van der Waals surface area contributed by atoms with Gasteiger partial charge in [0.1, 0.15) is 0 Å². The van der Waals surface area contributed by atoms with Gasteiger partial charge in [-0.2, -0.15) is 26.3 Å². The molecule has 0 nitrogen and oxygen atoms in total. The number of rotatable bonds is 0. The Balaban J connectivity index is 0. The standard InChI is InChI=1S/C2F6.F6S/c3-1(4,5)2(6,7)8;1-7(2,3,4,5)6. The molecule has 0 aromatic heterocycles. The molecule has 0 N–H and O–H groups in total. The molecular weight excluding hydrogens is 284 g/mol. The maximum Gasteiger partial charge on any atom is 0.487 e. The Kier molecular flexibility index (Phi) is 3.39. The van der Waals surface area contributed by atoms with Gasteiger partial charge in [-0.1, -0.05) is 23.3 Å². The molecule has 0 saturated carbocycles. The molecule has 0 aliphatic carbocycles. The highest BCUT2D eigenvalue weighted by Gasteiger charge is 2.64. The zero-order chi connectivity index (χ0) is 13.4. The summed E-state index contributed by atoms with van der Waals surface area (Å²) in [5.74, 6) is 0. The third kappa shape index (κ3) is 24.7. The summed E-state index contributed by atoms with van der Waals surface area (Å²) in [6, 6.07) is 0. The molecular formula is C2F12S. The Morgan fingerprint density at radius 1 is 0.467 bits per heavy atom. The van der Waals surface area contributed by atoms with Crippen molar-refractivity contribution >= 4 is 10.6 Å². The van der Waals surface area contributed by atoms with Crippen LogP contribution in [-0.4, -0.2) is 12.4 Å². The third-order valence-electron chi connectivity index (χ3n) is 0.321. The summed E-state index contributed by atoms with van der Waals surface area (Å²) < 4.78 is 122. The van der Waals surface area contributed by atoms with Crippen LogP contribution in [0.5, 0.6) is 0 Å². The van der Waals surface area contributed by atoms with Crippen molar-refractivity contribution in [2.75, 3.05) is 0 Å². The second-order valence-electron chi connectivity index (χ2n) is 1.87. The molecule has 0 spiro atoms. The molecule has 0 heterocycles. The fraction of sp³-hybridized carbons (Fsp3) is 1.00. The number of hydrogen-bond acceptors (Lipinski definition) is 0. The van der Waals surface area contributed by atoms with E-state index in [1.165, 1.54) is 0 Å². The largest absolute Gasteiger partial charge is 0.487 e. The van der Waals surface area contributed by atoms with Gasteiger partial charge in [0.2, 0.25) is 0 Å². The zero-order valence-electron chi connectivity index (χ0n) is 5.94. The summed E-state index contributed by atoms with van der Waals surface area (Å²) in [7, 11) is -10.5. The molecule has 0 radical (unpaired) electrons. The minimum Gasteiger partial charge on any atom is -0.162 e. The predicted molar refractivity (Wildman–Crippen MR) is 26.3 cm³/mol. The van der Waals surface area contributed by atoms with Crippen LogP contribution in [0.25, 0.3) is 0 Å². The van der Waals surface area contributed by atoms with Crippen LogP contribution in [0.3, 0.4) is 0 Å². The molecule has 0 aliphatic heterocycles. The average Bonchev–Trinajstić information content (AvgIpc) is 1.45. The monoisotopic (exact) mass is 284 g/mol. The average molecular weight is 284 g/mol. The Bertz CT molecular complexity index is 181. The fourth-order valence-electron chi connectivity index (χ4n) is 0. The molecule has 15 heavy (non-hydrogen) atoms. The van der Waals surface area contributed by atoms with E-state index < -0.39 is 23.0 Å². The Labute approximate surface area is 73.9 Å². The molecule has 13 heteroatoms. The Morgan fingerprint density at radius 2 is 0.533 bits per heavy atom. The number of alkyl halides is 6. The van der Waals surface area contributed by atoms with Crippen molar-refractivity contribution in [3.8, 4) is 0 Å². The molecule has 0 rings (SSSR count). The molecule has 0 amide bonds. The summed E-state index contributed by atoms with van der Waals surface area (Å²) in [6.07, 6.45) is -12.1. The number of halogens is 12. The van der Waals surface area contributed by atoms with Crippen molar-refractivity contribution in [3.63, 3.8) is 0 Å². The summed E-state index contributed by atoms with van der Waals surface area (Å²) >= 11 is 0. The molecule has 0 unspecified atom stereocenters. The molecule has 0 fully saturated rings. The van der Waals surface area contributed by atoms with Crippen LogP contribution in [0.15, 0.2) is 0 Å². The normalized spacial score (nSPS) is 18.4. The topological polar surface area (TPSA) is 0 Å². The van der Waals surface area contributed by atoms with Gasteiger partial charge in [0, 0.05) is 0 Å². The highest BCUT2D eigenvalue weighted by Crippen LogP contribution is 2.99. The van der Waals surface area contributed by atoms with Gasteiger partial charge >= 0.3 is 23.0 Å². The van der Waals surface area contributed by atoms with Gasteiger partial charge in [-0.15, -0.1) is 0 Å². The van der Waals surface area contributed by atoms with Crippen molar-refractivity contribution in [3.05, 3.63) is 0 Å². The molecule has 0 atom stereocenters. The fourth-order valence-corrected chi connectivity index (χ4v) is 0. The van der Waals surface area contributed by atoms with Crippen LogP contribution in [0.4, 0.5) is 49.7 Å². The lowest BCUT2D eigenvalue weighted by molar-refractivity contribution is -0.339. The minimum absolute atomic E-state index is 6.06. The molecule has 0 bridgehead atoms. The summed E-state index contributed by atoms with van der Waals surface area (Å²) in [4.78, 5) is 0. The van der Waals surface area contributed by atoms with Gasteiger partial charge in [0.15, 0.2) is 0 Å². The lowest BCUT2D eigenvalue weighted by Crippen LogP contribution is -2.30. The van der Waals surface area contributed by atoms with E-state index in [9.17, 15) is 49.7 Å². The summed E-state index contributed by atoms with van der Waals surface area (Å²) in [5, 5.41) is 0. The van der Waals surface area contributed by atoms with Crippen LogP contribution in [0, 0.1) is 0 Å². The van der Waals surface area contributed by atoms with E-state index in [1.54, 1.807) is 0 Å². The van der Waals surface area contributed by atoms with Gasteiger partial charge in [0.25, 0.3) is 0 Å². The number of hydrogen-bond donors (Lipinski definition) is 0. The molecule has 98 valence electrons. The quantitative estimate of drug-likeness (QED) is 0.531. The minimum atomic E-state index is -10.5.